The second-order valence-corrected chi connectivity index (χ2v) is 8.80. The maximum atomic E-state index is 13.5. The molecule has 0 radical (unpaired) electrons. The summed E-state index contributed by atoms with van der Waals surface area (Å²) in [5, 5.41) is 3.20. The SMILES string of the molecule is CC(C)NC(=O)[C@@]1(Cc2ccccc2-c2cccnc2)CCN(Cc2ccncc2)C1. The molecule has 31 heavy (non-hydrogen) atoms. The monoisotopic (exact) mass is 414 g/mol. The summed E-state index contributed by atoms with van der Waals surface area (Å²) in [4.78, 5) is 24.3. The van der Waals surface area contributed by atoms with Crippen LogP contribution >= 0.6 is 0 Å². The summed E-state index contributed by atoms with van der Waals surface area (Å²) >= 11 is 0. The maximum absolute atomic E-state index is 13.5. The van der Waals surface area contributed by atoms with Crippen LogP contribution in [0.3, 0.4) is 0 Å². The highest BCUT2D eigenvalue weighted by Crippen LogP contribution is 2.38. The lowest BCUT2D eigenvalue weighted by molar-refractivity contribution is -0.131. The van der Waals surface area contributed by atoms with Crippen molar-refractivity contribution in [3.8, 4) is 11.1 Å². The molecule has 5 heteroatoms. The molecule has 0 aliphatic carbocycles. The number of pyridine rings is 2. The molecule has 1 aliphatic rings. The molecule has 4 rings (SSSR count). The topological polar surface area (TPSA) is 58.1 Å². The van der Waals surface area contributed by atoms with Crippen LogP contribution < -0.4 is 5.32 Å². The number of hydrogen-bond acceptors (Lipinski definition) is 4. The number of amides is 1. The van der Waals surface area contributed by atoms with E-state index in [2.05, 4.69) is 50.5 Å². The largest absolute Gasteiger partial charge is 0.353 e. The van der Waals surface area contributed by atoms with Crippen LogP contribution in [0.1, 0.15) is 31.4 Å². The Bertz CT molecular complexity index is 1010. The normalized spacial score (nSPS) is 18.9. The molecule has 0 saturated carbocycles. The first-order valence-corrected chi connectivity index (χ1v) is 11.0. The van der Waals surface area contributed by atoms with Gasteiger partial charge in [0.1, 0.15) is 0 Å². The van der Waals surface area contributed by atoms with Crippen molar-refractivity contribution in [1.29, 1.82) is 0 Å². The third-order valence-corrected chi connectivity index (χ3v) is 6.01. The smallest absolute Gasteiger partial charge is 0.228 e. The van der Waals surface area contributed by atoms with E-state index < -0.39 is 5.41 Å². The number of carbonyl (C=O) groups excluding carboxylic acids is 1. The fourth-order valence-electron chi connectivity index (χ4n) is 4.51. The predicted molar refractivity (Wildman–Crippen MR) is 123 cm³/mol. The zero-order valence-corrected chi connectivity index (χ0v) is 18.3. The van der Waals surface area contributed by atoms with E-state index in [9.17, 15) is 4.79 Å². The van der Waals surface area contributed by atoms with Gasteiger partial charge < -0.3 is 5.32 Å². The number of nitrogens with zero attached hydrogens (tertiary/aromatic N) is 3. The lowest BCUT2D eigenvalue weighted by Crippen LogP contribution is -2.46. The quantitative estimate of drug-likeness (QED) is 0.632. The van der Waals surface area contributed by atoms with Crippen molar-refractivity contribution in [3.05, 3.63) is 84.4 Å². The summed E-state index contributed by atoms with van der Waals surface area (Å²) < 4.78 is 0. The average Bonchev–Trinajstić information content (AvgIpc) is 3.19. The van der Waals surface area contributed by atoms with Crippen molar-refractivity contribution in [2.24, 2.45) is 5.41 Å². The van der Waals surface area contributed by atoms with Crippen molar-refractivity contribution < 1.29 is 4.79 Å². The summed E-state index contributed by atoms with van der Waals surface area (Å²) in [6.07, 6.45) is 8.89. The van der Waals surface area contributed by atoms with Gasteiger partial charge >= 0.3 is 0 Å². The molecule has 1 fully saturated rings. The third kappa shape index (κ3) is 5.00. The number of nitrogens with one attached hydrogen (secondary N) is 1. The molecule has 1 amide bonds. The van der Waals surface area contributed by atoms with Crippen LogP contribution in [0.25, 0.3) is 11.1 Å². The van der Waals surface area contributed by atoms with Gasteiger partial charge in [-0.15, -0.1) is 0 Å². The first-order chi connectivity index (χ1) is 15.1. The Labute approximate surface area is 184 Å². The van der Waals surface area contributed by atoms with E-state index in [1.165, 1.54) is 11.1 Å². The molecular weight excluding hydrogens is 384 g/mol. The van der Waals surface area contributed by atoms with Gasteiger partial charge in [-0.3, -0.25) is 19.7 Å². The van der Waals surface area contributed by atoms with Gasteiger partial charge in [0.25, 0.3) is 0 Å². The van der Waals surface area contributed by atoms with Gasteiger partial charge in [0, 0.05) is 49.5 Å². The summed E-state index contributed by atoms with van der Waals surface area (Å²) in [7, 11) is 0. The summed E-state index contributed by atoms with van der Waals surface area (Å²) in [6.45, 7) is 6.54. The molecule has 5 nitrogen and oxygen atoms in total. The zero-order valence-electron chi connectivity index (χ0n) is 18.3. The van der Waals surface area contributed by atoms with Gasteiger partial charge in [-0.05, 0) is 68.1 Å². The predicted octanol–water partition coefficient (Wildman–Crippen LogP) is 4.10. The Balaban J connectivity index is 1.62. The van der Waals surface area contributed by atoms with E-state index in [-0.39, 0.29) is 11.9 Å². The van der Waals surface area contributed by atoms with E-state index in [4.69, 9.17) is 0 Å². The summed E-state index contributed by atoms with van der Waals surface area (Å²) in [5.41, 5.74) is 4.21. The fourth-order valence-corrected chi connectivity index (χ4v) is 4.51. The number of benzene rings is 1. The Morgan fingerprint density at radius 2 is 1.87 bits per heavy atom. The van der Waals surface area contributed by atoms with E-state index >= 15 is 0 Å². The lowest BCUT2D eigenvalue weighted by atomic mass is 9.78. The Morgan fingerprint density at radius 3 is 2.61 bits per heavy atom. The van der Waals surface area contributed by atoms with Crippen molar-refractivity contribution in [2.45, 2.75) is 39.3 Å². The molecule has 0 unspecified atom stereocenters. The number of rotatable bonds is 7. The number of hydrogen-bond donors (Lipinski definition) is 1. The highest BCUT2D eigenvalue weighted by molar-refractivity contribution is 5.84. The van der Waals surface area contributed by atoms with Crippen LogP contribution in [0.15, 0.2) is 73.3 Å². The van der Waals surface area contributed by atoms with Crippen molar-refractivity contribution >= 4 is 5.91 Å². The maximum Gasteiger partial charge on any atom is 0.228 e. The van der Waals surface area contributed by atoms with Crippen molar-refractivity contribution in [2.75, 3.05) is 13.1 Å². The first kappa shape index (κ1) is 21.2. The second-order valence-electron chi connectivity index (χ2n) is 8.80. The number of likely N-dealkylation sites (tertiary alicyclic amines) is 1. The van der Waals surface area contributed by atoms with Crippen molar-refractivity contribution in [1.82, 2.24) is 20.2 Å². The number of carbonyl (C=O) groups is 1. The van der Waals surface area contributed by atoms with E-state index in [0.717, 1.165) is 37.2 Å². The summed E-state index contributed by atoms with van der Waals surface area (Å²) in [5.74, 6) is 0.153. The van der Waals surface area contributed by atoms with Crippen LogP contribution in [0.5, 0.6) is 0 Å². The lowest BCUT2D eigenvalue weighted by Gasteiger charge is -2.30. The van der Waals surface area contributed by atoms with Crippen LogP contribution in [-0.2, 0) is 17.8 Å². The van der Waals surface area contributed by atoms with E-state index in [0.29, 0.717) is 6.42 Å². The van der Waals surface area contributed by atoms with E-state index in [1.807, 2.05) is 50.6 Å². The van der Waals surface area contributed by atoms with Crippen LogP contribution in [0, 0.1) is 5.41 Å². The molecule has 1 atom stereocenters. The van der Waals surface area contributed by atoms with Gasteiger partial charge in [0.05, 0.1) is 5.41 Å². The molecule has 3 aromatic rings. The molecule has 3 heterocycles. The highest BCUT2D eigenvalue weighted by Gasteiger charge is 2.45. The van der Waals surface area contributed by atoms with Crippen LogP contribution in [-0.4, -0.2) is 39.9 Å². The standard InChI is InChI=1S/C26H30N4O/c1-20(2)29-25(31)26(11-15-30(19-26)18-21-9-13-27-14-10-21)16-22-6-3-4-8-24(22)23-7-5-12-28-17-23/h3-10,12-14,17,20H,11,15-16,18-19H2,1-2H3,(H,29,31)/t26-/m1/s1. The molecule has 2 aromatic heterocycles. The average molecular weight is 415 g/mol. The fraction of sp³-hybridized carbons (Fsp3) is 0.346. The second kappa shape index (κ2) is 9.40. The van der Waals surface area contributed by atoms with Gasteiger partial charge in [0.2, 0.25) is 5.91 Å². The molecule has 0 bridgehead atoms. The van der Waals surface area contributed by atoms with Crippen LogP contribution in [0.2, 0.25) is 0 Å². The molecule has 1 aromatic carbocycles. The third-order valence-electron chi connectivity index (χ3n) is 6.01. The van der Waals surface area contributed by atoms with Gasteiger partial charge in [0.15, 0.2) is 0 Å². The van der Waals surface area contributed by atoms with Crippen molar-refractivity contribution in [3.63, 3.8) is 0 Å². The minimum Gasteiger partial charge on any atom is -0.353 e. The Hall–Kier alpha value is -3.05. The molecule has 1 aliphatic heterocycles. The van der Waals surface area contributed by atoms with Crippen LogP contribution in [0.4, 0.5) is 0 Å². The number of aromatic nitrogens is 2. The molecule has 0 spiro atoms. The Morgan fingerprint density at radius 1 is 1.06 bits per heavy atom. The molecule has 160 valence electrons. The molecule has 1 N–H and O–H groups in total. The van der Waals surface area contributed by atoms with Gasteiger partial charge in [-0.25, -0.2) is 0 Å². The molecular formula is C26H30N4O. The van der Waals surface area contributed by atoms with Gasteiger partial charge in [-0.2, -0.15) is 0 Å². The summed E-state index contributed by atoms with van der Waals surface area (Å²) in [6, 6.07) is 16.6. The van der Waals surface area contributed by atoms with Gasteiger partial charge in [-0.1, -0.05) is 30.3 Å². The Kier molecular flexibility index (Phi) is 6.42. The minimum absolute atomic E-state index is 0.118. The zero-order chi connectivity index (χ0) is 21.7. The van der Waals surface area contributed by atoms with E-state index in [1.54, 1.807) is 6.20 Å². The highest BCUT2D eigenvalue weighted by atomic mass is 16.2. The minimum atomic E-state index is -0.449. The first-order valence-electron chi connectivity index (χ1n) is 11.0. The molecule has 1 saturated heterocycles.